The topological polar surface area (TPSA) is 76.2 Å². The van der Waals surface area contributed by atoms with E-state index >= 15 is 0 Å². The van der Waals surface area contributed by atoms with Crippen LogP contribution in [-0.4, -0.2) is 60.9 Å². The SMILES string of the molecule is COCCCN1C(=O)C[C@](CC(=O)N2CCOc3ccccc3C2)(c2ccccc2)C1=O. The molecule has 0 aliphatic carbocycles. The van der Waals surface area contributed by atoms with Gasteiger partial charge in [0.1, 0.15) is 12.4 Å². The molecule has 7 nitrogen and oxygen atoms in total. The lowest BCUT2D eigenvalue weighted by molar-refractivity contribution is -0.143. The van der Waals surface area contributed by atoms with Gasteiger partial charge in [-0.1, -0.05) is 48.5 Å². The molecule has 7 heteroatoms. The molecular weight excluding hydrogens is 408 g/mol. The quantitative estimate of drug-likeness (QED) is 0.493. The highest BCUT2D eigenvalue weighted by Crippen LogP contribution is 2.40. The molecule has 0 bridgehead atoms. The van der Waals surface area contributed by atoms with Crippen molar-refractivity contribution in [3.8, 4) is 5.75 Å². The third kappa shape index (κ3) is 4.25. The molecule has 1 fully saturated rings. The molecule has 2 aliphatic rings. The predicted octanol–water partition coefficient (Wildman–Crippen LogP) is 2.53. The lowest BCUT2D eigenvalue weighted by Gasteiger charge is -2.30. The zero-order valence-corrected chi connectivity index (χ0v) is 18.3. The second-order valence-corrected chi connectivity index (χ2v) is 8.27. The van der Waals surface area contributed by atoms with Gasteiger partial charge in [0, 0.05) is 45.2 Å². The third-order valence-corrected chi connectivity index (χ3v) is 6.22. The number of ether oxygens (including phenoxy) is 2. The molecule has 0 spiro atoms. The van der Waals surface area contributed by atoms with Crippen molar-refractivity contribution in [1.29, 1.82) is 0 Å². The van der Waals surface area contributed by atoms with Crippen LogP contribution in [0.1, 0.15) is 30.4 Å². The van der Waals surface area contributed by atoms with Crippen LogP contribution in [0.15, 0.2) is 54.6 Å². The number of likely N-dealkylation sites (tertiary alicyclic amines) is 1. The summed E-state index contributed by atoms with van der Waals surface area (Å²) in [6.07, 6.45) is 0.507. The molecule has 0 N–H and O–H groups in total. The first-order chi connectivity index (χ1) is 15.5. The van der Waals surface area contributed by atoms with Gasteiger partial charge in [0.15, 0.2) is 0 Å². The Morgan fingerprint density at radius 1 is 1.09 bits per heavy atom. The highest BCUT2D eigenvalue weighted by atomic mass is 16.5. The van der Waals surface area contributed by atoms with Gasteiger partial charge in [0.05, 0.1) is 12.0 Å². The van der Waals surface area contributed by atoms with Gasteiger partial charge < -0.3 is 14.4 Å². The Labute approximate surface area is 187 Å². The van der Waals surface area contributed by atoms with Crippen LogP contribution in [-0.2, 0) is 31.1 Å². The number of benzene rings is 2. The molecule has 2 aromatic rings. The first kappa shape index (κ1) is 22.0. The average molecular weight is 437 g/mol. The molecule has 0 radical (unpaired) electrons. The average Bonchev–Trinajstić information content (AvgIpc) is 2.96. The monoisotopic (exact) mass is 436 g/mol. The van der Waals surface area contributed by atoms with E-state index in [0.29, 0.717) is 44.8 Å². The van der Waals surface area contributed by atoms with Crippen LogP contribution in [0.5, 0.6) is 5.75 Å². The van der Waals surface area contributed by atoms with Gasteiger partial charge in [0.25, 0.3) is 0 Å². The van der Waals surface area contributed by atoms with Gasteiger partial charge in [-0.25, -0.2) is 0 Å². The van der Waals surface area contributed by atoms with Crippen LogP contribution in [0.4, 0.5) is 0 Å². The van der Waals surface area contributed by atoms with Gasteiger partial charge in [-0.05, 0) is 18.1 Å². The van der Waals surface area contributed by atoms with Crippen LogP contribution < -0.4 is 4.74 Å². The van der Waals surface area contributed by atoms with Gasteiger partial charge in [-0.3, -0.25) is 19.3 Å². The van der Waals surface area contributed by atoms with Gasteiger partial charge >= 0.3 is 0 Å². The van der Waals surface area contributed by atoms with E-state index in [4.69, 9.17) is 9.47 Å². The van der Waals surface area contributed by atoms with Crippen molar-refractivity contribution < 1.29 is 23.9 Å². The number of hydrogen-bond acceptors (Lipinski definition) is 5. The van der Waals surface area contributed by atoms with Crippen LogP contribution in [0.25, 0.3) is 0 Å². The standard InChI is InChI=1S/C25H28N2O5/c1-31-14-7-12-27-23(29)17-25(24(27)30,20-9-3-2-4-10-20)16-22(28)26-13-15-32-21-11-6-5-8-19(21)18-26/h2-6,8-11H,7,12-18H2,1H3/t25-/m1/s1. The van der Waals surface area contributed by atoms with Crippen molar-refractivity contribution in [3.05, 3.63) is 65.7 Å². The number of imide groups is 1. The first-order valence-electron chi connectivity index (χ1n) is 10.9. The van der Waals surface area contributed by atoms with E-state index in [1.807, 2.05) is 54.6 Å². The van der Waals surface area contributed by atoms with Gasteiger partial charge in [-0.2, -0.15) is 0 Å². The molecule has 3 amide bonds. The molecule has 2 aromatic carbocycles. The predicted molar refractivity (Wildman–Crippen MR) is 118 cm³/mol. The summed E-state index contributed by atoms with van der Waals surface area (Å²) in [5.41, 5.74) is 0.448. The van der Waals surface area contributed by atoms with Crippen molar-refractivity contribution >= 4 is 17.7 Å². The zero-order chi connectivity index (χ0) is 22.6. The minimum Gasteiger partial charge on any atom is -0.491 e. The van der Waals surface area contributed by atoms with E-state index < -0.39 is 5.41 Å². The van der Waals surface area contributed by atoms with Crippen molar-refractivity contribution in [3.63, 3.8) is 0 Å². The lowest BCUT2D eigenvalue weighted by atomic mass is 9.75. The molecule has 4 rings (SSSR count). The number of methoxy groups -OCH3 is 1. The molecular formula is C25H28N2O5. The Morgan fingerprint density at radius 3 is 2.62 bits per heavy atom. The largest absolute Gasteiger partial charge is 0.491 e. The third-order valence-electron chi connectivity index (χ3n) is 6.22. The Kier molecular flexibility index (Phi) is 6.55. The number of hydrogen-bond donors (Lipinski definition) is 0. The van der Waals surface area contributed by atoms with Crippen LogP contribution in [0.2, 0.25) is 0 Å². The first-order valence-corrected chi connectivity index (χ1v) is 10.9. The second kappa shape index (κ2) is 9.53. The molecule has 32 heavy (non-hydrogen) atoms. The van der Waals surface area contributed by atoms with E-state index in [0.717, 1.165) is 11.3 Å². The normalized spacial score (nSPS) is 20.7. The maximum absolute atomic E-state index is 13.6. The van der Waals surface area contributed by atoms with Gasteiger partial charge in [-0.15, -0.1) is 0 Å². The summed E-state index contributed by atoms with van der Waals surface area (Å²) in [5, 5.41) is 0. The highest BCUT2D eigenvalue weighted by Gasteiger charge is 2.53. The molecule has 1 saturated heterocycles. The zero-order valence-electron chi connectivity index (χ0n) is 18.3. The molecule has 2 heterocycles. The molecule has 0 saturated carbocycles. The van der Waals surface area contributed by atoms with Gasteiger partial charge in [0.2, 0.25) is 17.7 Å². The Hall–Kier alpha value is -3.19. The summed E-state index contributed by atoms with van der Waals surface area (Å²) in [5.74, 6) is 0.0722. The lowest BCUT2D eigenvalue weighted by Crippen LogP contribution is -2.44. The summed E-state index contributed by atoms with van der Waals surface area (Å²) in [6.45, 7) is 1.98. The summed E-state index contributed by atoms with van der Waals surface area (Å²) < 4.78 is 10.9. The molecule has 0 aromatic heterocycles. The Bertz CT molecular complexity index is 993. The van der Waals surface area contributed by atoms with Crippen LogP contribution >= 0.6 is 0 Å². The van der Waals surface area contributed by atoms with E-state index in [9.17, 15) is 14.4 Å². The number of nitrogens with zero attached hydrogens (tertiary/aromatic N) is 2. The van der Waals surface area contributed by atoms with Crippen LogP contribution in [0.3, 0.4) is 0 Å². The van der Waals surface area contributed by atoms with E-state index in [1.54, 1.807) is 12.0 Å². The number of carbonyl (C=O) groups is 3. The Balaban J connectivity index is 1.60. The van der Waals surface area contributed by atoms with Crippen molar-refractivity contribution in [2.45, 2.75) is 31.2 Å². The number of rotatable bonds is 7. The fourth-order valence-electron chi connectivity index (χ4n) is 4.53. The number of fused-ring (bicyclic) bond motifs is 1. The summed E-state index contributed by atoms with van der Waals surface area (Å²) in [4.78, 5) is 42.9. The van der Waals surface area contributed by atoms with Crippen LogP contribution in [0, 0.1) is 0 Å². The highest BCUT2D eigenvalue weighted by molar-refractivity contribution is 6.10. The molecule has 168 valence electrons. The number of para-hydroxylation sites is 1. The van der Waals surface area contributed by atoms with Crippen molar-refractivity contribution in [2.75, 3.05) is 33.4 Å². The molecule has 2 aliphatic heterocycles. The number of carbonyl (C=O) groups excluding carboxylic acids is 3. The summed E-state index contributed by atoms with van der Waals surface area (Å²) in [6, 6.07) is 16.9. The fourth-order valence-corrected chi connectivity index (χ4v) is 4.53. The fraction of sp³-hybridized carbons (Fsp3) is 0.400. The van der Waals surface area contributed by atoms with E-state index in [2.05, 4.69) is 0 Å². The summed E-state index contributed by atoms with van der Waals surface area (Å²) in [7, 11) is 1.59. The molecule has 0 unspecified atom stereocenters. The second-order valence-electron chi connectivity index (χ2n) is 8.27. The minimum absolute atomic E-state index is 0.00447. The molecule has 1 atom stereocenters. The Morgan fingerprint density at radius 2 is 1.84 bits per heavy atom. The van der Waals surface area contributed by atoms with E-state index in [-0.39, 0.29) is 30.6 Å². The maximum atomic E-state index is 13.6. The van der Waals surface area contributed by atoms with E-state index in [1.165, 1.54) is 4.90 Å². The smallest absolute Gasteiger partial charge is 0.240 e. The minimum atomic E-state index is -1.19. The maximum Gasteiger partial charge on any atom is 0.240 e. The summed E-state index contributed by atoms with van der Waals surface area (Å²) >= 11 is 0. The van der Waals surface area contributed by atoms with Crippen molar-refractivity contribution in [2.24, 2.45) is 0 Å². The van der Waals surface area contributed by atoms with Crippen molar-refractivity contribution in [1.82, 2.24) is 9.80 Å². The number of amides is 3.